The largest absolute Gasteiger partial charge is 0.394 e. The number of carbonyl (C=O) groups excluding carboxylic acids is 1. The number of hydrogen-bond acceptors (Lipinski definition) is 3. The van der Waals surface area contributed by atoms with Gasteiger partial charge in [-0.15, -0.1) is 0 Å². The van der Waals surface area contributed by atoms with Crippen LogP contribution in [0.1, 0.15) is 36.5 Å². The van der Waals surface area contributed by atoms with Crippen molar-refractivity contribution in [3.05, 3.63) is 17.5 Å². The standard InChI is InChI=1S/C11H19N3O2/c1-4-5-9-6-10(13-12-9)11(16)14(3)8(2)7-15/h6,8,15H,4-5,7H2,1-3H3,(H,12,13). The van der Waals surface area contributed by atoms with E-state index in [0.717, 1.165) is 18.5 Å². The number of carbonyl (C=O) groups is 1. The van der Waals surface area contributed by atoms with Gasteiger partial charge < -0.3 is 10.0 Å². The minimum Gasteiger partial charge on any atom is -0.394 e. The van der Waals surface area contributed by atoms with Crippen LogP contribution in [0.5, 0.6) is 0 Å². The van der Waals surface area contributed by atoms with E-state index in [1.807, 2.05) is 0 Å². The van der Waals surface area contributed by atoms with E-state index < -0.39 is 0 Å². The van der Waals surface area contributed by atoms with Crippen molar-refractivity contribution < 1.29 is 9.90 Å². The first-order chi connectivity index (χ1) is 7.60. The van der Waals surface area contributed by atoms with Crippen LogP contribution in [0, 0.1) is 0 Å². The van der Waals surface area contributed by atoms with E-state index in [1.54, 1.807) is 20.0 Å². The fourth-order valence-electron chi connectivity index (χ4n) is 1.37. The van der Waals surface area contributed by atoms with E-state index in [2.05, 4.69) is 17.1 Å². The summed E-state index contributed by atoms with van der Waals surface area (Å²) >= 11 is 0. The highest BCUT2D eigenvalue weighted by molar-refractivity contribution is 5.92. The summed E-state index contributed by atoms with van der Waals surface area (Å²) in [7, 11) is 1.66. The molecule has 1 rings (SSSR count). The molecule has 0 aliphatic carbocycles. The third kappa shape index (κ3) is 2.82. The number of aryl methyl sites for hydroxylation is 1. The van der Waals surface area contributed by atoms with Crippen molar-refractivity contribution in [1.82, 2.24) is 15.1 Å². The molecule has 0 spiro atoms. The lowest BCUT2D eigenvalue weighted by Gasteiger charge is -2.21. The number of nitrogens with one attached hydrogen (secondary N) is 1. The van der Waals surface area contributed by atoms with Crippen LogP contribution in [0.2, 0.25) is 0 Å². The second-order valence-electron chi connectivity index (χ2n) is 3.98. The number of aliphatic hydroxyl groups excluding tert-OH is 1. The van der Waals surface area contributed by atoms with Gasteiger partial charge in [0.05, 0.1) is 12.6 Å². The monoisotopic (exact) mass is 225 g/mol. The number of aliphatic hydroxyl groups is 1. The lowest BCUT2D eigenvalue weighted by molar-refractivity contribution is 0.0676. The van der Waals surface area contributed by atoms with E-state index in [9.17, 15) is 4.79 Å². The highest BCUT2D eigenvalue weighted by Gasteiger charge is 2.19. The number of likely N-dealkylation sites (N-methyl/N-ethyl adjacent to an activating group) is 1. The van der Waals surface area contributed by atoms with Crippen LogP contribution >= 0.6 is 0 Å². The molecule has 0 aliphatic rings. The van der Waals surface area contributed by atoms with Gasteiger partial charge in [0.25, 0.3) is 5.91 Å². The topological polar surface area (TPSA) is 69.2 Å². The molecule has 1 aromatic rings. The lowest BCUT2D eigenvalue weighted by Crippen LogP contribution is -2.37. The van der Waals surface area contributed by atoms with Crippen molar-refractivity contribution in [3.8, 4) is 0 Å². The van der Waals surface area contributed by atoms with Crippen molar-refractivity contribution in [3.63, 3.8) is 0 Å². The number of amides is 1. The maximum Gasteiger partial charge on any atom is 0.274 e. The molecule has 90 valence electrons. The molecule has 0 fully saturated rings. The molecule has 1 unspecified atom stereocenters. The molecule has 1 heterocycles. The summed E-state index contributed by atoms with van der Waals surface area (Å²) in [5.41, 5.74) is 1.38. The molecule has 1 aromatic heterocycles. The average Bonchev–Trinajstić information content (AvgIpc) is 2.75. The van der Waals surface area contributed by atoms with E-state index in [1.165, 1.54) is 4.90 Å². The van der Waals surface area contributed by atoms with Crippen LogP contribution in [0.25, 0.3) is 0 Å². The van der Waals surface area contributed by atoms with Crippen LogP contribution in [-0.4, -0.2) is 45.8 Å². The Morgan fingerprint density at radius 3 is 2.94 bits per heavy atom. The first-order valence-corrected chi connectivity index (χ1v) is 5.52. The highest BCUT2D eigenvalue weighted by atomic mass is 16.3. The zero-order valence-corrected chi connectivity index (χ0v) is 10.0. The van der Waals surface area contributed by atoms with Crippen molar-refractivity contribution >= 4 is 5.91 Å². The molecule has 0 saturated carbocycles. The van der Waals surface area contributed by atoms with Crippen LogP contribution in [-0.2, 0) is 6.42 Å². The summed E-state index contributed by atoms with van der Waals surface area (Å²) < 4.78 is 0. The van der Waals surface area contributed by atoms with Gasteiger partial charge in [0, 0.05) is 12.7 Å². The number of aromatic amines is 1. The Morgan fingerprint density at radius 1 is 1.69 bits per heavy atom. The van der Waals surface area contributed by atoms with Crippen LogP contribution in [0.15, 0.2) is 6.07 Å². The average molecular weight is 225 g/mol. The molecule has 5 nitrogen and oxygen atoms in total. The fraction of sp³-hybridized carbons (Fsp3) is 0.636. The van der Waals surface area contributed by atoms with E-state index in [-0.39, 0.29) is 18.6 Å². The van der Waals surface area contributed by atoms with Gasteiger partial charge in [0.2, 0.25) is 0 Å². The third-order valence-corrected chi connectivity index (χ3v) is 2.62. The summed E-state index contributed by atoms with van der Waals surface area (Å²) in [6.45, 7) is 3.81. The molecule has 1 amide bonds. The van der Waals surface area contributed by atoms with E-state index in [0.29, 0.717) is 5.69 Å². The Kier molecular flexibility index (Phi) is 4.49. The van der Waals surface area contributed by atoms with Gasteiger partial charge in [0.1, 0.15) is 5.69 Å². The van der Waals surface area contributed by atoms with E-state index >= 15 is 0 Å². The highest BCUT2D eigenvalue weighted by Crippen LogP contribution is 2.07. The fourth-order valence-corrected chi connectivity index (χ4v) is 1.37. The first-order valence-electron chi connectivity index (χ1n) is 5.52. The normalized spacial score (nSPS) is 12.5. The maximum atomic E-state index is 11.9. The Hall–Kier alpha value is -1.36. The number of rotatable bonds is 5. The van der Waals surface area contributed by atoms with Crippen LogP contribution in [0.4, 0.5) is 0 Å². The molecule has 0 saturated heterocycles. The second-order valence-corrected chi connectivity index (χ2v) is 3.98. The molecule has 0 bridgehead atoms. The molecular formula is C11H19N3O2. The van der Waals surface area contributed by atoms with Gasteiger partial charge in [-0.1, -0.05) is 13.3 Å². The van der Waals surface area contributed by atoms with Gasteiger partial charge in [-0.05, 0) is 19.4 Å². The zero-order valence-electron chi connectivity index (χ0n) is 10.0. The minimum absolute atomic E-state index is 0.0471. The second kappa shape index (κ2) is 5.65. The predicted molar refractivity (Wildman–Crippen MR) is 61.2 cm³/mol. The van der Waals surface area contributed by atoms with Gasteiger partial charge >= 0.3 is 0 Å². The van der Waals surface area contributed by atoms with Crippen LogP contribution in [0.3, 0.4) is 0 Å². The van der Waals surface area contributed by atoms with Crippen molar-refractivity contribution in [1.29, 1.82) is 0 Å². The summed E-state index contributed by atoms with van der Waals surface area (Å²) in [5, 5.41) is 15.8. The Labute approximate surface area is 95.5 Å². The Bertz CT molecular complexity index is 349. The molecule has 0 aromatic carbocycles. The smallest absolute Gasteiger partial charge is 0.274 e. The van der Waals surface area contributed by atoms with Gasteiger partial charge in [-0.2, -0.15) is 5.10 Å². The minimum atomic E-state index is -0.196. The molecule has 1 atom stereocenters. The van der Waals surface area contributed by atoms with Crippen LogP contribution < -0.4 is 0 Å². The quantitative estimate of drug-likeness (QED) is 0.779. The molecular weight excluding hydrogens is 206 g/mol. The molecule has 0 aliphatic heterocycles. The third-order valence-electron chi connectivity index (χ3n) is 2.62. The van der Waals surface area contributed by atoms with Gasteiger partial charge in [0.15, 0.2) is 0 Å². The zero-order chi connectivity index (χ0) is 12.1. The van der Waals surface area contributed by atoms with Gasteiger partial charge in [-0.25, -0.2) is 0 Å². The molecule has 2 N–H and O–H groups in total. The van der Waals surface area contributed by atoms with Gasteiger partial charge in [-0.3, -0.25) is 9.89 Å². The summed E-state index contributed by atoms with van der Waals surface area (Å²) in [6, 6.07) is 1.57. The Balaban J connectivity index is 2.72. The van der Waals surface area contributed by atoms with Crippen molar-refractivity contribution in [2.45, 2.75) is 32.7 Å². The SMILES string of the molecule is CCCc1cc(C(=O)N(C)C(C)CO)n[nH]1. The lowest BCUT2D eigenvalue weighted by atomic mass is 10.2. The number of aromatic nitrogens is 2. The summed E-state index contributed by atoms with van der Waals surface area (Å²) in [4.78, 5) is 13.4. The number of hydrogen-bond donors (Lipinski definition) is 2. The van der Waals surface area contributed by atoms with E-state index in [4.69, 9.17) is 5.11 Å². The first kappa shape index (κ1) is 12.7. The van der Waals surface area contributed by atoms with Crippen molar-refractivity contribution in [2.24, 2.45) is 0 Å². The molecule has 16 heavy (non-hydrogen) atoms. The maximum absolute atomic E-state index is 11.9. The summed E-state index contributed by atoms with van der Waals surface area (Å²) in [6.07, 6.45) is 1.90. The Morgan fingerprint density at radius 2 is 2.38 bits per heavy atom. The molecule has 0 radical (unpaired) electrons. The predicted octanol–water partition coefficient (Wildman–Crippen LogP) is 0.815. The number of nitrogens with zero attached hydrogens (tertiary/aromatic N) is 2. The van der Waals surface area contributed by atoms with Crippen molar-refractivity contribution in [2.75, 3.05) is 13.7 Å². The summed E-state index contributed by atoms with van der Waals surface area (Å²) in [5.74, 6) is -0.167. The molecule has 5 heteroatoms. The number of H-pyrrole nitrogens is 1.